The quantitative estimate of drug-likeness (QED) is 0.784. The molecule has 106 valence electrons. The lowest BCUT2D eigenvalue weighted by molar-refractivity contribution is 0.137. The van der Waals surface area contributed by atoms with Crippen molar-refractivity contribution in [1.82, 2.24) is 5.32 Å². The molecule has 2 saturated carbocycles. The van der Waals surface area contributed by atoms with Crippen molar-refractivity contribution >= 4 is 0 Å². The van der Waals surface area contributed by atoms with E-state index in [0.29, 0.717) is 10.8 Å². The van der Waals surface area contributed by atoms with E-state index in [0.717, 1.165) is 23.7 Å². The standard InChI is InChI=1S/C17H33N/c1-12(2)10-18-11-15-16(5,6)17(15)8-7-13(3)9-14(17)4/h12-15,18H,7-11H2,1-6H3. The van der Waals surface area contributed by atoms with E-state index in [1.165, 1.54) is 32.4 Å². The first-order valence-electron chi connectivity index (χ1n) is 8.03. The van der Waals surface area contributed by atoms with Crippen molar-refractivity contribution in [3.63, 3.8) is 0 Å². The summed E-state index contributed by atoms with van der Waals surface area (Å²) in [5.41, 5.74) is 1.22. The molecule has 0 aliphatic heterocycles. The van der Waals surface area contributed by atoms with E-state index in [2.05, 4.69) is 46.9 Å². The molecular formula is C17H33N. The molecule has 0 heterocycles. The van der Waals surface area contributed by atoms with E-state index in [4.69, 9.17) is 0 Å². The molecule has 4 atom stereocenters. The van der Waals surface area contributed by atoms with Crippen molar-refractivity contribution in [2.24, 2.45) is 34.5 Å². The van der Waals surface area contributed by atoms with Crippen LogP contribution in [0.15, 0.2) is 0 Å². The summed E-state index contributed by atoms with van der Waals surface area (Å²) in [6.45, 7) is 17.0. The van der Waals surface area contributed by atoms with Crippen molar-refractivity contribution in [2.45, 2.75) is 60.8 Å². The first kappa shape index (κ1) is 14.4. The molecule has 2 aliphatic rings. The fourth-order valence-corrected chi connectivity index (χ4v) is 5.09. The third-order valence-corrected chi connectivity index (χ3v) is 6.20. The minimum atomic E-state index is 0.566. The molecule has 2 aliphatic carbocycles. The van der Waals surface area contributed by atoms with Crippen LogP contribution in [0.1, 0.15) is 60.8 Å². The zero-order valence-electron chi connectivity index (χ0n) is 13.3. The lowest BCUT2D eigenvalue weighted by Gasteiger charge is -2.36. The molecule has 1 N–H and O–H groups in total. The van der Waals surface area contributed by atoms with Crippen LogP contribution in [0.25, 0.3) is 0 Å². The summed E-state index contributed by atoms with van der Waals surface area (Å²) in [5, 5.41) is 3.71. The highest BCUT2D eigenvalue weighted by Crippen LogP contribution is 2.76. The molecule has 0 saturated heterocycles. The first-order chi connectivity index (χ1) is 8.32. The van der Waals surface area contributed by atoms with Crippen LogP contribution in [0.4, 0.5) is 0 Å². The predicted octanol–water partition coefficient (Wildman–Crippen LogP) is 4.33. The molecule has 0 aromatic heterocycles. The molecule has 0 bridgehead atoms. The second kappa shape index (κ2) is 4.81. The van der Waals surface area contributed by atoms with Crippen molar-refractivity contribution in [2.75, 3.05) is 13.1 Å². The van der Waals surface area contributed by atoms with Crippen LogP contribution in [-0.4, -0.2) is 13.1 Å². The fraction of sp³-hybridized carbons (Fsp3) is 1.00. The lowest BCUT2D eigenvalue weighted by Crippen LogP contribution is -2.29. The molecule has 0 radical (unpaired) electrons. The van der Waals surface area contributed by atoms with E-state index >= 15 is 0 Å². The van der Waals surface area contributed by atoms with Crippen LogP contribution >= 0.6 is 0 Å². The van der Waals surface area contributed by atoms with Gasteiger partial charge in [0.15, 0.2) is 0 Å². The van der Waals surface area contributed by atoms with Crippen molar-refractivity contribution in [3.8, 4) is 0 Å². The van der Waals surface area contributed by atoms with Gasteiger partial charge in [-0.25, -0.2) is 0 Å². The van der Waals surface area contributed by atoms with Gasteiger partial charge >= 0.3 is 0 Å². The topological polar surface area (TPSA) is 12.0 Å². The largest absolute Gasteiger partial charge is 0.316 e. The summed E-state index contributed by atoms with van der Waals surface area (Å²) < 4.78 is 0. The zero-order valence-corrected chi connectivity index (χ0v) is 13.3. The molecule has 0 aromatic rings. The molecule has 18 heavy (non-hydrogen) atoms. The Hall–Kier alpha value is -0.0400. The van der Waals surface area contributed by atoms with E-state index in [1.807, 2.05) is 0 Å². The predicted molar refractivity (Wildman–Crippen MR) is 79.6 cm³/mol. The summed E-state index contributed by atoms with van der Waals surface area (Å²) in [7, 11) is 0. The third kappa shape index (κ3) is 2.13. The van der Waals surface area contributed by atoms with Gasteiger partial charge in [-0.3, -0.25) is 0 Å². The lowest BCUT2D eigenvalue weighted by atomic mass is 9.69. The molecule has 0 amide bonds. The van der Waals surface area contributed by atoms with Gasteiger partial charge in [-0.05, 0) is 60.4 Å². The highest BCUT2D eigenvalue weighted by molar-refractivity contribution is 5.20. The van der Waals surface area contributed by atoms with Crippen LogP contribution < -0.4 is 5.32 Å². The smallest absolute Gasteiger partial charge is 0.000946 e. The van der Waals surface area contributed by atoms with E-state index in [9.17, 15) is 0 Å². The van der Waals surface area contributed by atoms with Crippen molar-refractivity contribution < 1.29 is 0 Å². The Labute approximate surface area is 114 Å². The third-order valence-electron chi connectivity index (χ3n) is 6.20. The number of hydrogen-bond donors (Lipinski definition) is 1. The van der Waals surface area contributed by atoms with Gasteiger partial charge < -0.3 is 5.32 Å². The Balaban J connectivity index is 1.96. The second-order valence-corrected chi connectivity index (χ2v) is 8.15. The summed E-state index contributed by atoms with van der Waals surface area (Å²) in [4.78, 5) is 0. The molecule has 1 heteroatoms. The zero-order chi connectivity index (χ0) is 13.6. The maximum absolute atomic E-state index is 3.71. The van der Waals surface area contributed by atoms with Gasteiger partial charge in [-0.15, -0.1) is 0 Å². The van der Waals surface area contributed by atoms with Crippen molar-refractivity contribution in [1.29, 1.82) is 0 Å². The highest BCUT2D eigenvalue weighted by Gasteiger charge is 2.72. The van der Waals surface area contributed by atoms with Crippen LogP contribution in [-0.2, 0) is 0 Å². The summed E-state index contributed by atoms with van der Waals surface area (Å²) in [6, 6.07) is 0. The molecule has 2 rings (SSSR count). The molecular weight excluding hydrogens is 218 g/mol. The van der Waals surface area contributed by atoms with E-state index in [1.54, 1.807) is 0 Å². The van der Waals surface area contributed by atoms with Crippen LogP contribution in [0.5, 0.6) is 0 Å². The van der Waals surface area contributed by atoms with Gasteiger partial charge in [0.05, 0.1) is 0 Å². The Morgan fingerprint density at radius 2 is 1.89 bits per heavy atom. The number of hydrogen-bond acceptors (Lipinski definition) is 1. The summed E-state index contributed by atoms with van der Waals surface area (Å²) in [5.74, 6) is 3.55. The van der Waals surface area contributed by atoms with Gasteiger partial charge in [0.2, 0.25) is 0 Å². The van der Waals surface area contributed by atoms with Gasteiger partial charge in [0.25, 0.3) is 0 Å². The number of rotatable bonds is 4. The number of nitrogens with one attached hydrogen (secondary N) is 1. The second-order valence-electron chi connectivity index (χ2n) is 8.15. The Morgan fingerprint density at radius 1 is 1.22 bits per heavy atom. The van der Waals surface area contributed by atoms with Crippen LogP contribution in [0.3, 0.4) is 0 Å². The molecule has 1 nitrogen and oxygen atoms in total. The van der Waals surface area contributed by atoms with Gasteiger partial charge in [0, 0.05) is 0 Å². The summed E-state index contributed by atoms with van der Waals surface area (Å²) >= 11 is 0. The molecule has 0 aromatic carbocycles. The Morgan fingerprint density at radius 3 is 2.44 bits per heavy atom. The fourth-order valence-electron chi connectivity index (χ4n) is 5.09. The van der Waals surface area contributed by atoms with E-state index in [-0.39, 0.29) is 0 Å². The monoisotopic (exact) mass is 251 g/mol. The molecule has 4 unspecified atom stereocenters. The Bertz CT molecular complexity index is 294. The highest BCUT2D eigenvalue weighted by atomic mass is 14.9. The van der Waals surface area contributed by atoms with E-state index < -0.39 is 0 Å². The van der Waals surface area contributed by atoms with Crippen LogP contribution in [0, 0.1) is 34.5 Å². The van der Waals surface area contributed by atoms with Gasteiger partial charge in [-0.1, -0.05) is 48.0 Å². The minimum Gasteiger partial charge on any atom is -0.316 e. The van der Waals surface area contributed by atoms with Crippen LogP contribution in [0.2, 0.25) is 0 Å². The molecule has 1 spiro atoms. The van der Waals surface area contributed by atoms with Crippen molar-refractivity contribution in [3.05, 3.63) is 0 Å². The SMILES string of the molecule is CC(C)CNCC1C(C)(C)C12CCC(C)CC2C. The van der Waals surface area contributed by atoms with Gasteiger partial charge in [-0.2, -0.15) is 0 Å². The summed E-state index contributed by atoms with van der Waals surface area (Å²) in [6.07, 6.45) is 4.37. The normalized spacial score (nSPS) is 42.5. The molecule has 2 fully saturated rings. The van der Waals surface area contributed by atoms with Gasteiger partial charge in [0.1, 0.15) is 0 Å². The minimum absolute atomic E-state index is 0.566. The maximum atomic E-state index is 3.71. The first-order valence-corrected chi connectivity index (χ1v) is 8.03. The maximum Gasteiger partial charge on any atom is -0.000946 e. The average molecular weight is 251 g/mol. The average Bonchev–Trinajstić information content (AvgIpc) is 2.71. The Kier molecular flexibility index (Phi) is 3.84.